The van der Waals surface area contributed by atoms with Crippen molar-refractivity contribution in [1.29, 1.82) is 0 Å². The number of nitrogens with one attached hydrogen (secondary N) is 1. The summed E-state index contributed by atoms with van der Waals surface area (Å²) in [5.41, 5.74) is 2.39. The third-order valence-electron chi connectivity index (χ3n) is 4.32. The molecule has 0 bridgehead atoms. The van der Waals surface area contributed by atoms with Crippen LogP contribution in [0.2, 0.25) is 0 Å². The lowest BCUT2D eigenvalue weighted by molar-refractivity contribution is -0.384. The summed E-state index contributed by atoms with van der Waals surface area (Å²) in [7, 11) is 0. The Labute approximate surface area is 164 Å². The first-order valence-electron chi connectivity index (χ1n) is 8.67. The topological polar surface area (TPSA) is 123 Å². The number of pyridine rings is 1. The minimum Gasteiger partial charge on any atom is -0.426 e. The van der Waals surface area contributed by atoms with Gasteiger partial charge >= 0.3 is 0 Å². The van der Waals surface area contributed by atoms with Gasteiger partial charge in [0.2, 0.25) is 5.91 Å². The Morgan fingerprint density at radius 3 is 2.62 bits per heavy atom. The fourth-order valence-electron chi connectivity index (χ4n) is 2.93. The number of imidazole rings is 1. The quantitative estimate of drug-likeness (QED) is 0.306. The standard InChI is InChI=1S/C20H15N5O4/c26-19(11-15-3-1-2-10-21-15)22-14-6-4-13(5-7-14)20-23-17-9-8-16(25(28)29)12-18(17)24(20)27/h1-10,12,27H,11H2,(H,22,26). The van der Waals surface area contributed by atoms with Crippen LogP contribution in [-0.2, 0) is 11.2 Å². The first kappa shape index (κ1) is 18.1. The van der Waals surface area contributed by atoms with Gasteiger partial charge in [0.05, 0.1) is 16.9 Å². The molecule has 29 heavy (non-hydrogen) atoms. The maximum atomic E-state index is 12.1. The molecule has 2 heterocycles. The van der Waals surface area contributed by atoms with Crippen molar-refractivity contribution < 1.29 is 14.9 Å². The van der Waals surface area contributed by atoms with Gasteiger partial charge in [0.1, 0.15) is 5.52 Å². The van der Waals surface area contributed by atoms with Gasteiger partial charge in [-0.3, -0.25) is 19.9 Å². The van der Waals surface area contributed by atoms with Gasteiger partial charge in [-0.15, -0.1) is 0 Å². The molecule has 0 spiro atoms. The number of non-ortho nitro benzene ring substituents is 1. The van der Waals surface area contributed by atoms with Crippen molar-refractivity contribution in [3.05, 3.63) is 82.7 Å². The molecular formula is C20H15N5O4. The zero-order chi connectivity index (χ0) is 20.4. The number of hydrogen-bond donors (Lipinski definition) is 2. The lowest BCUT2D eigenvalue weighted by atomic mass is 10.2. The first-order chi connectivity index (χ1) is 14.0. The zero-order valence-electron chi connectivity index (χ0n) is 15.0. The largest absolute Gasteiger partial charge is 0.426 e. The Kier molecular flexibility index (Phi) is 4.62. The molecule has 144 valence electrons. The van der Waals surface area contributed by atoms with Crippen LogP contribution in [-0.4, -0.2) is 30.7 Å². The molecule has 9 nitrogen and oxygen atoms in total. The van der Waals surface area contributed by atoms with Crippen LogP contribution >= 0.6 is 0 Å². The summed E-state index contributed by atoms with van der Waals surface area (Å²) in [5.74, 6) is 0.0463. The minimum atomic E-state index is -0.533. The smallest absolute Gasteiger partial charge is 0.271 e. The van der Waals surface area contributed by atoms with Crippen LogP contribution in [0, 0.1) is 10.1 Å². The Morgan fingerprint density at radius 1 is 1.14 bits per heavy atom. The molecule has 1 amide bonds. The number of carbonyl (C=O) groups is 1. The maximum Gasteiger partial charge on any atom is 0.271 e. The van der Waals surface area contributed by atoms with E-state index in [-0.39, 0.29) is 29.4 Å². The van der Waals surface area contributed by atoms with Crippen LogP contribution in [0.3, 0.4) is 0 Å². The number of nitrogens with zero attached hydrogens (tertiary/aromatic N) is 4. The van der Waals surface area contributed by atoms with Crippen LogP contribution in [0.25, 0.3) is 22.4 Å². The predicted octanol–water partition coefficient (Wildman–Crippen LogP) is 3.43. The number of amides is 1. The average molecular weight is 389 g/mol. The molecule has 0 atom stereocenters. The fraction of sp³-hybridized carbons (Fsp3) is 0.0500. The van der Waals surface area contributed by atoms with Gasteiger partial charge in [0.25, 0.3) is 5.69 Å². The van der Waals surface area contributed by atoms with Gasteiger partial charge in [0.15, 0.2) is 5.82 Å². The van der Waals surface area contributed by atoms with E-state index in [0.717, 1.165) is 4.73 Å². The summed E-state index contributed by atoms with van der Waals surface area (Å²) in [6.07, 6.45) is 1.79. The number of fused-ring (bicyclic) bond motifs is 1. The van der Waals surface area contributed by atoms with Gasteiger partial charge in [-0.1, -0.05) is 6.07 Å². The van der Waals surface area contributed by atoms with Crippen LogP contribution < -0.4 is 5.32 Å². The Balaban J connectivity index is 1.54. The molecule has 0 saturated heterocycles. The van der Waals surface area contributed by atoms with E-state index in [1.54, 1.807) is 42.6 Å². The average Bonchev–Trinajstić information content (AvgIpc) is 3.05. The van der Waals surface area contributed by atoms with Crippen LogP contribution in [0.4, 0.5) is 11.4 Å². The number of benzene rings is 2. The second kappa shape index (κ2) is 7.39. The van der Waals surface area contributed by atoms with E-state index in [1.807, 2.05) is 6.07 Å². The molecule has 0 unspecified atom stereocenters. The summed E-state index contributed by atoms with van der Waals surface area (Å²) < 4.78 is 0.816. The number of hydrogen-bond acceptors (Lipinski definition) is 6. The second-order valence-electron chi connectivity index (χ2n) is 6.30. The first-order valence-corrected chi connectivity index (χ1v) is 8.67. The number of carbonyl (C=O) groups excluding carboxylic acids is 1. The van der Waals surface area contributed by atoms with E-state index >= 15 is 0 Å². The van der Waals surface area contributed by atoms with Crippen LogP contribution in [0.5, 0.6) is 0 Å². The van der Waals surface area contributed by atoms with E-state index in [4.69, 9.17) is 0 Å². The van der Waals surface area contributed by atoms with Gasteiger partial charge < -0.3 is 10.5 Å². The van der Waals surface area contributed by atoms with Gasteiger partial charge in [-0.25, -0.2) is 4.98 Å². The van der Waals surface area contributed by atoms with Gasteiger partial charge in [-0.05, 0) is 42.5 Å². The van der Waals surface area contributed by atoms with Crippen LogP contribution in [0.15, 0.2) is 66.9 Å². The highest BCUT2D eigenvalue weighted by atomic mass is 16.6. The molecule has 0 aliphatic carbocycles. The second-order valence-corrected chi connectivity index (χ2v) is 6.30. The van der Waals surface area contributed by atoms with E-state index in [9.17, 15) is 20.1 Å². The molecule has 4 aromatic rings. The highest BCUT2D eigenvalue weighted by Crippen LogP contribution is 2.27. The van der Waals surface area contributed by atoms with E-state index in [0.29, 0.717) is 22.5 Å². The van der Waals surface area contributed by atoms with Crippen molar-refractivity contribution in [3.63, 3.8) is 0 Å². The summed E-state index contributed by atoms with van der Waals surface area (Å²) in [4.78, 5) is 31.0. The molecule has 0 fully saturated rings. The SMILES string of the molecule is O=C(Cc1ccccn1)Nc1ccc(-c2nc3ccc([N+](=O)[O-])cc3n2O)cc1. The van der Waals surface area contributed by atoms with Crippen molar-refractivity contribution in [1.82, 2.24) is 14.7 Å². The number of rotatable bonds is 5. The van der Waals surface area contributed by atoms with Crippen molar-refractivity contribution in [2.24, 2.45) is 0 Å². The van der Waals surface area contributed by atoms with E-state index in [2.05, 4.69) is 15.3 Å². The molecule has 2 aromatic carbocycles. The molecule has 0 aliphatic heterocycles. The lowest BCUT2D eigenvalue weighted by Crippen LogP contribution is -2.14. The molecular weight excluding hydrogens is 374 g/mol. The van der Waals surface area contributed by atoms with Crippen molar-refractivity contribution in [2.75, 3.05) is 5.32 Å². The molecule has 2 aromatic heterocycles. The maximum absolute atomic E-state index is 12.1. The summed E-state index contributed by atoms with van der Waals surface area (Å²) in [6, 6.07) is 16.2. The minimum absolute atomic E-state index is 0.134. The number of aromatic nitrogens is 3. The monoisotopic (exact) mass is 389 g/mol. The van der Waals surface area contributed by atoms with Crippen LogP contribution in [0.1, 0.15) is 5.69 Å². The summed E-state index contributed by atoms with van der Waals surface area (Å²) in [5, 5.41) is 24.1. The third-order valence-corrected chi connectivity index (χ3v) is 4.32. The fourth-order valence-corrected chi connectivity index (χ4v) is 2.93. The molecule has 2 N–H and O–H groups in total. The number of nitro benzene ring substituents is 1. The van der Waals surface area contributed by atoms with Crippen molar-refractivity contribution in [3.8, 4) is 11.4 Å². The highest BCUT2D eigenvalue weighted by molar-refractivity contribution is 5.92. The molecule has 0 radical (unpaired) electrons. The van der Waals surface area contributed by atoms with Crippen molar-refractivity contribution in [2.45, 2.75) is 6.42 Å². The Bertz CT molecular complexity index is 1200. The highest BCUT2D eigenvalue weighted by Gasteiger charge is 2.16. The third kappa shape index (κ3) is 3.74. The predicted molar refractivity (Wildman–Crippen MR) is 106 cm³/mol. The molecule has 0 saturated carbocycles. The zero-order valence-corrected chi connectivity index (χ0v) is 15.0. The molecule has 0 aliphatic rings. The summed E-state index contributed by atoms with van der Waals surface area (Å²) in [6.45, 7) is 0. The molecule has 4 rings (SSSR count). The number of nitro groups is 1. The Morgan fingerprint density at radius 2 is 1.93 bits per heavy atom. The number of anilines is 1. The summed E-state index contributed by atoms with van der Waals surface area (Å²) >= 11 is 0. The van der Waals surface area contributed by atoms with Gasteiger partial charge in [0, 0.05) is 35.3 Å². The van der Waals surface area contributed by atoms with Gasteiger partial charge in [-0.2, -0.15) is 4.73 Å². The molecule has 9 heteroatoms. The Hall–Kier alpha value is -4.27. The van der Waals surface area contributed by atoms with E-state index in [1.165, 1.54) is 18.2 Å². The van der Waals surface area contributed by atoms with Crippen molar-refractivity contribution >= 4 is 28.3 Å². The normalized spacial score (nSPS) is 10.8. The lowest BCUT2D eigenvalue weighted by Gasteiger charge is -2.06. The van der Waals surface area contributed by atoms with E-state index < -0.39 is 4.92 Å².